The molecule has 0 aliphatic rings. The molecule has 0 heterocycles. The highest BCUT2D eigenvalue weighted by molar-refractivity contribution is 7.86. The number of carbonyl (C=O) groups excluding carboxylic acids is 1. The average molecular weight is 230 g/mol. The lowest BCUT2D eigenvalue weighted by Gasteiger charge is -2.11. The predicted octanol–water partition coefficient (Wildman–Crippen LogP) is 0.586. The molecule has 0 saturated heterocycles. The number of allylic oxidation sites excluding steroid dienone is 1. The first-order valence-electron chi connectivity index (χ1n) is 3.35. The molecule has 14 heavy (non-hydrogen) atoms. The Kier molecular flexibility index (Phi) is 4.14. The van der Waals surface area contributed by atoms with Crippen LogP contribution in [0.2, 0.25) is 0 Å². The van der Waals surface area contributed by atoms with Gasteiger partial charge in [0.05, 0.1) is 0 Å². The highest BCUT2D eigenvalue weighted by Gasteiger charge is 2.45. The fourth-order valence-corrected chi connectivity index (χ4v) is 0.622. The Morgan fingerprint density at radius 3 is 2.43 bits per heavy atom. The average Bonchev–Trinajstić information content (AvgIpc) is 1.99. The Morgan fingerprint density at radius 1 is 1.57 bits per heavy atom. The Balaban J connectivity index is 4.34. The minimum Gasteiger partial charge on any atom is -0.455 e. The molecule has 5 nitrogen and oxygen atoms in total. The van der Waals surface area contributed by atoms with E-state index in [9.17, 15) is 22.0 Å². The standard InChI is InChI=1S/C6H8F2O5S/c1-2-3-5(9)13-4-6(7,8)14(10,11)12/h2-3H,4H2,1H3,(H,10,11,12). The molecule has 0 aliphatic heterocycles. The van der Waals surface area contributed by atoms with Crippen LogP contribution >= 0.6 is 0 Å². The number of halogens is 2. The summed E-state index contributed by atoms with van der Waals surface area (Å²) in [7, 11) is -5.55. The van der Waals surface area contributed by atoms with Gasteiger partial charge in [0.15, 0.2) is 6.61 Å². The van der Waals surface area contributed by atoms with Crippen molar-refractivity contribution in [2.75, 3.05) is 6.61 Å². The largest absolute Gasteiger partial charge is 0.455 e. The lowest BCUT2D eigenvalue weighted by Crippen LogP contribution is -2.34. The molecule has 1 N–H and O–H groups in total. The zero-order valence-electron chi connectivity index (χ0n) is 7.11. The Labute approximate surface area is 79.1 Å². The van der Waals surface area contributed by atoms with Crippen molar-refractivity contribution >= 4 is 16.1 Å². The zero-order valence-corrected chi connectivity index (χ0v) is 7.92. The molecule has 0 aliphatic carbocycles. The van der Waals surface area contributed by atoms with Crippen molar-refractivity contribution in [3.8, 4) is 0 Å². The summed E-state index contributed by atoms with van der Waals surface area (Å²) in [6.45, 7) is -0.267. The number of hydrogen-bond donors (Lipinski definition) is 1. The maximum absolute atomic E-state index is 12.4. The number of carbonyl (C=O) groups is 1. The van der Waals surface area contributed by atoms with E-state index in [1.807, 2.05) is 0 Å². The summed E-state index contributed by atoms with van der Waals surface area (Å²) < 4.78 is 56.7. The first-order chi connectivity index (χ1) is 6.20. The lowest BCUT2D eigenvalue weighted by molar-refractivity contribution is -0.143. The molecule has 82 valence electrons. The van der Waals surface area contributed by atoms with E-state index in [0.29, 0.717) is 0 Å². The summed E-state index contributed by atoms with van der Waals surface area (Å²) in [4.78, 5) is 10.5. The van der Waals surface area contributed by atoms with E-state index in [2.05, 4.69) is 4.74 Å². The SMILES string of the molecule is CC=CC(=O)OCC(F)(F)S(=O)(=O)O. The van der Waals surface area contributed by atoms with E-state index in [4.69, 9.17) is 4.55 Å². The maximum atomic E-state index is 12.4. The van der Waals surface area contributed by atoms with Gasteiger partial charge in [0.2, 0.25) is 0 Å². The van der Waals surface area contributed by atoms with E-state index in [1.54, 1.807) is 0 Å². The molecule has 8 heteroatoms. The summed E-state index contributed by atoms with van der Waals surface area (Å²) >= 11 is 0. The molecule has 0 aromatic carbocycles. The third-order valence-corrected chi connectivity index (χ3v) is 1.94. The van der Waals surface area contributed by atoms with Gasteiger partial charge in [-0.05, 0) is 6.92 Å². The van der Waals surface area contributed by atoms with Crippen molar-refractivity contribution in [3.05, 3.63) is 12.2 Å². The maximum Gasteiger partial charge on any atom is 0.402 e. The van der Waals surface area contributed by atoms with E-state index in [-0.39, 0.29) is 0 Å². The number of rotatable bonds is 4. The van der Waals surface area contributed by atoms with Crippen LogP contribution in [0.4, 0.5) is 8.78 Å². The molecule has 0 unspecified atom stereocenters. The number of alkyl halides is 2. The second-order valence-corrected chi connectivity index (χ2v) is 3.77. The van der Waals surface area contributed by atoms with Gasteiger partial charge < -0.3 is 4.74 Å². The van der Waals surface area contributed by atoms with Crippen LogP contribution in [0.1, 0.15) is 6.92 Å². The van der Waals surface area contributed by atoms with Crippen molar-refractivity contribution in [1.82, 2.24) is 0 Å². The fourth-order valence-electron chi connectivity index (χ4n) is 0.414. The van der Waals surface area contributed by atoms with Crippen LogP contribution in [0.5, 0.6) is 0 Å². The summed E-state index contributed by atoms with van der Waals surface area (Å²) in [5, 5.41) is -4.48. The third-order valence-electron chi connectivity index (χ3n) is 1.06. The zero-order chi connectivity index (χ0) is 11.4. The summed E-state index contributed by atoms with van der Waals surface area (Å²) in [6, 6.07) is 0. The molecule has 0 rings (SSSR count). The highest BCUT2D eigenvalue weighted by atomic mass is 32.2. The highest BCUT2D eigenvalue weighted by Crippen LogP contribution is 2.20. The topological polar surface area (TPSA) is 80.7 Å². The Hall–Kier alpha value is -1.02. The Morgan fingerprint density at radius 2 is 2.07 bits per heavy atom. The molecule has 0 fully saturated rings. The second kappa shape index (κ2) is 4.47. The van der Waals surface area contributed by atoms with Crippen LogP contribution in [-0.4, -0.2) is 30.8 Å². The Bertz CT molecular complexity index is 332. The monoisotopic (exact) mass is 230 g/mol. The molecule has 0 aromatic heterocycles. The summed E-state index contributed by atoms with van der Waals surface area (Å²) in [6.07, 6.45) is 2.06. The third kappa shape index (κ3) is 3.79. The summed E-state index contributed by atoms with van der Waals surface area (Å²) in [5.41, 5.74) is 0. The summed E-state index contributed by atoms with van der Waals surface area (Å²) in [5.74, 6) is -1.11. The van der Waals surface area contributed by atoms with Crippen molar-refractivity contribution in [2.24, 2.45) is 0 Å². The molecule has 0 aromatic rings. The smallest absolute Gasteiger partial charge is 0.402 e. The first-order valence-corrected chi connectivity index (χ1v) is 4.79. The minimum absolute atomic E-state index is 0.833. The van der Waals surface area contributed by atoms with Crippen LogP contribution in [0, 0.1) is 0 Å². The predicted molar refractivity (Wildman–Crippen MR) is 42.3 cm³/mol. The molecule has 0 atom stereocenters. The van der Waals surface area contributed by atoms with Crippen LogP contribution in [0.3, 0.4) is 0 Å². The van der Waals surface area contributed by atoms with Crippen molar-refractivity contribution in [1.29, 1.82) is 0 Å². The molecular formula is C6H8F2O5S. The van der Waals surface area contributed by atoms with E-state index < -0.39 is 27.9 Å². The van der Waals surface area contributed by atoms with Crippen LogP contribution < -0.4 is 0 Å². The van der Waals surface area contributed by atoms with E-state index >= 15 is 0 Å². The van der Waals surface area contributed by atoms with Crippen LogP contribution in [0.15, 0.2) is 12.2 Å². The van der Waals surface area contributed by atoms with Gasteiger partial charge in [-0.15, -0.1) is 0 Å². The van der Waals surface area contributed by atoms with Gasteiger partial charge in [-0.3, -0.25) is 4.55 Å². The first kappa shape index (κ1) is 13.0. The van der Waals surface area contributed by atoms with Gasteiger partial charge in [0.25, 0.3) is 0 Å². The van der Waals surface area contributed by atoms with Gasteiger partial charge in [0, 0.05) is 6.08 Å². The van der Waals surface area contributed by atoms with Gasteiger partial charge in [0.1, 0.15) is 0 Å². The van der Waals surface area contributed by atoms with Gasteiger partial charge in [-0.25, -0.2) is 4.79 Å². The number of esters is 1. The molecular weight excluding hydrogens is 222 g/mol. The van der Waals surface area contributed by atoms with Crippen molar-refractivity contribution in [2.45, 2.75) is 12.2 Å². The van der Waals surface area contributed by atoms with Crippen molar-refractivity contribution < 1.29 is 31.3 Å². The van der Waals surface area contributed by atoms with E-state index in [1.165, 1.54) is 13.0 Å². The molecule has 0 spiro atoms. The molecule has 0 radical (unpaired) electrons. The van der Waals surface area contributed by atoms with Gasteiger partial charge in [-0.1, -0.05) is 6.08 Å². The number of hydrogen-bond acceptors (Lipinski definition) is 4. The lowest BCUT2D eigenvalue weighted by atomic mass is 10.5. The normalized spacial score (nSPS) is 13.1. The second-order valence-electron chi connectivity index (χ2n) is 2.22. The fraction of sp³-hybridized carbons (Fsp3) is 0.500. The van der Waals surface area contributed by atoms with E-state index in [0.717, 1.165) is 6.08 Å². The molecule has 0 bridgehead atoms. The molecule has 0 amide bonds. The van der Waals surface area contributed by atoms with Crippen LogP contribution in [0.25, 0.3) is 0 Å². The molecule has 0 saturated carbocycles. The van der Waals surface area contributed by atoms with Gasteiger partial charge >= 0.3 is 21.3 Å². The number of ether oxygens (including phenoxy) is 1. The minimum atomic E-state index is -5.55. The van der Waals surface area contributed by atoms with Crippen LogP contribution in [-0.2, 0) is 19.6 Å². The van der Waals surface area contributed by atoms with Crippen molar-refractivity contribution in [3.63, 3.8) is 0 Å². The quantitative estimate of drug-likeness (QED) is 0.434. The van der Waals surface area contributed by atoms with Gasteiger partial charge in [-0.2, -0.15) is 17.2 Å².